The van der Waals surface area contributed by atoms with Gasteiger partial charge in [0, 0.05) is 50.0 Å². The molecular formula is C29H29F2N3O4. The van der Waals surface area contributed by atoms with Crippen molar-refractivity contribution < 1.29 is 27.8 Å². The largest absolute Gasteiger partial charge is 0.493 e. The number of benzene rings is 3. The molecule has 2 aliphatic heterocycles. The molecule has 0 aromatic heterocycles. The van der Waals surface area contributed by atoms with Crippen LogP contribution < -0.4 is 14.4 Å². The third-order valence-corrected chi connectivity index (χ3v) is 7.45. The van der Waals surface area contributed by atoms with E-state index in [-0.39, 0.29) is 23.2 Å². The Balaban J connectivity index is 1.53. The van der Waals surface area contributed by atoms with Gasteiger partial charge in [-0.3, -0.25) is 9.59 Å². The van der Waals surface area contributed by atoms with Crippen molar-refractivity contribution >= 4 is 17.5 Å². The Morgan fingerprint density at radius 3 is 2.13 bits per heavy atom. The van der Waals surface area contributed by atoms with E-state index in [0.717, 1.165) is 5.69 Å². The van der Waals surface area contributed by atoms with Gasteiger partial charge in [-0.1, -0.05) is 18.2 Å². The van der Waals surface area contributed by atoms with Gasteiger partial charge in [-0.25, -0.2) is 8.78 Å². The average Bonchev–Trinajstić information content (AvgIpc) is 2.95. The van der Waals surface area contributed by atoms with Crippen LogP contribution in [0.3, 0.4) is 0 Å². The van der Waals surface area contributed by atoms with Crippen LogP contribution in [0.5, 0.6) is 11.5 Å². The molecule has 0 spiro atoms. The molecule has 38 heavy (non-hydrogen) atoms. The SMILES string of the molecule is COc1cc2c(cc1OC)[C@H](C(=O)N1CCN(c3ccc(F)cc3)CC1)[C@H](c1ccccc1F)N(C)C2=O. The molecule has 0 N–H and O–H groups in total. The maximum Gasteiger partial charge on any atom is 0.254 e. The topological polar surface area (TPSA) is 62.3 Å². The Morgan fingerprint density at radius 2 is 1.50 bits per heavy atom. The third-order valence-electron chi connectivity index (χ3n) is 7.45. The standard InChI is InChI=1S/C29H29F2N3O4/c1-32-27(20-6-4-5-7-23(20)31)26(21-16-24(37-2)25(38-3)17-22(21)28(32)35)29(36)34-14-12-33(13-15-34)19-10-8-18(30)9-11-19/h4-11,16-17,26-27H,12-15H2,1-3H3/t26-,27-/m0/s1. The molecule has 2 atom stereocenters. The molecule has 2 amide bonds. The average molecular weight is 522 g/mol. The van der Waals surface area contributed by atoms with E-state index in [1.807, 2.05) is 0 Å². The zero-order valence-corrected chi connectivity index (χ0v) is 21.5. The van der Waals surface area contributed by atoms with E-state index in [1.54, 1.807) is 54.4 Å². The molecule has 0 bridgehead atoms. The zero-order chi connectivity index (χ0) is 27.0. The number of carbonyl (C=O) groups excluding carboxylic acids is 2. The number of anilines is 1. The predicted molar refractivity (Wildman–Crippen MR) is 139 cm³/mol. The maximum atomic E-state index is 15.1. The van der Waals surface area contributed by atoms with E-state index in [9.17, 15) is 14.0 Å². The van der Waals surface area contributed by atoms with Crippen LogP contribution in [0, 0.1) is 11.6 Å². The van der Waals surface area contributed by atoms with Gasteiger partial charge < -0.3 is 24.2 Å². The number of fused-ring (bicyclic) bond motifs is 1. The number of halogens is 2. The van der Waals surface area contributed by atoms with Crippen molar-refractivity contribution in [3.05, 3.63) is 89.0 Å². The molecule has 198 valence electrons. The van der Waals surface area contributed by atoms with Crippen molar-refractivity contribution in [1.29, 1.82) is 0 Å². The summed E-state index contributed by atoms with van der Waals surface area (Å²) >= 11 is 0. The molecule has 0 radical (unpaired) electrons. The van der Waals surface area contributed by atoms with Gasteiger partial charge >= 0.3 is 0 Å². The second-order valence-corrected chi connectivity index (χ2v) is 9.44. The second kappa shape index (κ2) is 10.3. The smallest absolute Gasteiger partial charge is 0.254 e. The summed E-state index contributed by atoms with van der Waals surface area (Å²) in [6, 6.07) is 14.9. The van der Waals surface area contributed by atoms with Gasteiger partial charge in [0.15, 0.2) is 11.5 Å². The Hall–Kier alpha value is -4.14. The van der Waals surface area contributed by atoms with Crippen LogP contribution in [0.1, 0.15) is 33.4 Å². The normalized spacial score (nSPS) is 19.3. The van der Waals surface area contributed by atoms with Crippen LogP contribution in [-0.2, 0) is 4.79 Å². The minimum atomic E-state index is -0.859. The van der Waals surface area contributed by atoms with E-state index >= 15 is 4.39 Å². The Labute approximate surface area is 220 Å². The highest BCUT2D eigenvalue weighted by Crippen LogP contribution is 2.46. The monoisotopic (exact) mass is 521 g/mol. The molecule has 2 heterocycles. The number of nitrogens with zero attached hydrogens (tertiary/aromatic N) is 3. The first kappa shape index (κ1) is 25.5. The van der Waals surface area contributed by atoms with Crippen LogP contribution in [0.4, 0.5) is 14.5 Å². The molecule has 0 aliphatic carbocycles. The summed E-state index contributed by atoms with van der Waals surface area (Å²) in [6.45, 7) is 1.97. The van der Waals surface area contributed by atoms with E-state index in [4.69, 9.17) is 9.47 Å². The minimum Gasteiger partial charge on any atom is -0.493 e. The first-order valence-electron chi connectivity index (χ1n) is 12.4. The van der Waals surface area contributed by atoms with Crippen LogP contribution in [0.25, 0.3) is 0 Å². The summed E-state index contributed by atoms with van der Waals surface area (Å²) < 4.78 is 39.4. The highest BCUT2D eigenvalue weighted by atomic mass is 19.1. The number of carbonyl (C=O) groups is 2. The number of hydrogen-bond donors (Lipinski definition) is 0. The second-order valence-electron chi connectivity index (χ2n) is 9.44. The van der Waals surface area contributed by atoms with Gasteiger partial charge in [-0.15, -0.1) is 0 Å². The quantitative estimate of drug-likeness (QED) is 0.503. The fourth-order valence-corrected chi connectivity index (χ4v) is 5.45. The van der Waals surface area contributed by atoms with Crippen molar-refractivity contribution in [2.45, 2.75) is 12.0 Å². The highest BCUT2D eigenvalue weighted by Gasteiger charge is 2.46. The molecule has 1 fully saturated rings. The van der Waals surface area contributed by atoms with Crippen LogP contribution in [0.15, 0.2) is 60.7 Å². The summed E-state index contributed by atoms with van der Waals surface area (Å²) in [5.41, 5.74) is 1.95. The van der Waals surface area contributed by atoms with Crippen LogP contribution in [0.2, 0.25) is 0 Å². The van der Waals surface area contributed by atoms with Crippen LogP contribution >= 0.6 is 0 Å². The van der Waals surface area contributed by atoms with Crippen molar-refractivity contribution in [1.82, 2.24) is 9.80 Å². The third kappa shape index (κ3) is 4.42. The molecule has 0 saturated carbocycles. The molecule has 1 saturated heterocycles. The molecule has 9 heteroatoms. The van der Waals surface area contributed by atoms with Crippen molar-refractivity contribution in [3.8, 4) is 11.5 Å². The number of hydrogen-bond acceptors (Lipinski definition) is 5. The van der Waals surface area contributed by atoms with E-state index in [0.29, 0.717) is 48.8 Å². The number of ether oxygens (including phenoxy) is 2. The maximum absolute atomic E-state index is 15.1. The molecule has 5 rings (SSSR count). The van der Waals surface area contributed by atoms with Gasteiger partial charge in [0.2, 0.25) is 5.91 Å². The summed E-state index contributed by atoms with van der Waals surface area (Å²) in [5, 5.41) is 0. The predicted octanol–water partition coefficient (Wildman–Crippen LogP) is 4.24. The van der Waals surface area contributed by atoms with Crippen molar-refractivity contribution in [3.63, 3.8) is 0 Å². The summed E-state index contributed by atoms with van der Waals surface area (Å²) in [5.74, 6) is -1.43. The number of rotatable bonds is 5. The van der Waals surface area contributed by atoms with Gasteiger partial charge in [0.25, 0.3) is 5.91 Å². The molecule has 3 aromatic rings. The minimum absolute atomic E-state index is 0.204. The summed E-state index contributed by atoms with van der Waals surface area (Å²) in [7, 11) is 4.55. The van der Waals surface area contributed by atoms with Gasteiger partial charge in [-0.2, -0.15) is 0 Å². The van der Waals surface area contributed by atoms with E-state index < -0.39 is 17.8 Å². The van der Waals surface area contributed by atoms with E-state index in [2.05, 4.69) is 4.90 Å². The molecule has 7 nitrogen and oxygen atoms in total. The lowest BCUT2D eigenvalue weighted by Crippen LogP contribution is -2.53. The molecule has 2 aliphatic rings. The Kier molecular flexibility index (Phi) is 6.93. The zero-order valence-electron chi connectivity index (χ0n) is 21.5. The lowest BCUT2D eigenvalue weighted by molar-refractivity contribution is -0.134. The first-order valence-corrected chi connectivity index (χ1v) is 12.4. The fraction of sp³-hybridized carbons (Fsp3) is 0.310. The van der Waals surface area contributed by atoms with Gasteiger partial charge in [0.1, 0.15) is 11.6 Å². The number of likely N-dealkylation sites (N-methyl/N-ethyl adjacent to an activating group) is 1. The van der Waals surface area contributed by atoms with Crippen molar-refractivity contribution in [2.75, 3.05) is 52.3 Å². The van der Waals surface area contributed by atoms with E-state index in [1.165, 1.54) is 37.3 Å². The Bertz CT molecular complexity index is 1360. The molecule has 3 aromatic carbocycles. The lowest BCUT2D eigenvalue weighted by atomic mass is 9.78. The molecule has 0 unspecified atom stereocenters. The highest BCUT2D eigenvalue weighted by molar-refractivity contribution is 6.02. The molecular weight excluding hydrogens is 492 g/mol. The number of methoxy groups -OCH3 is 2. The Morgan fingerprint density at radius 1 is 0.868 bits per heavy atom. The first-order chi connectivity index (χ1) is 18.3. The number of amides is 2. The fourth-order valence-electron chi connectivity index (χ4n) is 5.45. The van der Waals surface area contributed by atoms with Crippen LogP contribution in [-0.4, -0.2) is 69.1 Å². The summed E-state index contributed by atoms with van der Waals surface area (Å²) in [4.78, 5) is 33.0. The number of piperazine rings is 1. The summed E-state index contributed by atoms with van der Waals surface area (Å²) in [6.07, 6.45) is 0. The van der Waals surface area contributed by atoms with Gasteiger partial charge in [-0.05, 0) is 48.0 Å². The van der Waals surface area contributed by atoms with Crippen molar-refractivity contribution in [2.24, 2.45) is 0 Å². The lowest BCUT2D eigenvalue weighted by Gasteiger charge is -2.43. The van der Waals surface area contributed by atoms with Gasteiger partial charge in [0.05, 0.1) is 26.2 Å².